The van der Waals surface area contributed by atoms with E-state index < -0.39 is 11.9 Å². The highest BCUT2D eigenvalue weighted by Crippen LogP contribution is 2.31. The number of aryl methyl sites for hydroxylation is 1. The molecule has 4 rings (SSSR count). The van der Waals surface area contributed by atoms with Gasteiger partial charge < -0.3 is 8.98 Å². The second-order valence-electron chi connectivity index (χ2n) is 6.87. The second kappa shape index (κ2) is 6.42. The minimum Gasteiger partial charge on any atom is -0.439 e. The van der Waals surface area contributed by atoms with Gasteiger partial charge in [-0.25, -0.2) is 9.97 Å². The summed E-state index contributed by atoms with van der Waals surface area (Å²) in [5.74, 6) is 1.44. The molecule has 0 fully saturated rings. The topological polar surface area (TPSA) is 47.1 Å². The summed E-state index contributed by atoms with van der Waals surface area (Å²) in [5, 5.41) is 0. The molecule has 1 atom stereocenters. The van der Waals surface area contributed by atoms with Gasteiger partial charge in [-0.3, -0.25) is 4.90 Å². The lowest BCUT2D eigenvalue weighted by molar-refractivity contribution is -0.141. The predicted molar refractivity (Wildman–Crippen MR) is 89.4 cm³/mol. The molecule has 1 aromatic carbocycles. The first-order chi connectivity index (χ1) is 12.4. The molecule has 0 saturated heterocycles. The number of benzene rings is 1. The van der Waals surface area contributed by atoms with Crippen molar-refractivity contribution in [3.63, 3.8) is 0 Å². The minimum atomic E-state index is -4.39. The van der Waals surface area contributed by atoms with Gasteiger partial charge in [-0.05, 0) is 31.5 Å². The van der Waals surface area contributed by atoms with Gasteiger partial charge >= 0.3 is 6.18 Å². The summed E-state index contributed by atoms with van der Waals surface area (Å²) in [5.41, 5.74) is 0.792. The van der Waals surface area contributed by atoms with Gasteiger partial charge in [-0.2, -0.15) is 13.2 Å². The van der Waals surface area contributed by atoms with Crippen molar-refractivity contribution < 1.29 is 17.6 Å². The molecule has 1 aliphatic heterocycles. The average molecular weight is 364 g/mol. The van der Waals surface area contributed by atoms with Crippen LogP contribution >= 0.6 is 0 Å². The van der Waals surface area contributed by atoms with Gasteiger partial charge in [0.25, 0.3) is 0 Å². The Balaban J connectivity index is 1.39. The van der Waals surface area contributed by atoms with E-state index in [0.29, 0.717) is 31.2 Å². The molecule has 1 unspecified atom stereocenters. The molecule has 1 aliphatic rings. The third-order valence-electron chi connectivity index (χ3n) is 4.69. The Morgan fingerprint density at radius 2 is 2.08 bits per heavy atom. The van der Waals surface area contributed by atoms with E-state index in [1.54, 1.807) is 4.57 Å². The third kappa shape index (κ3) is 3.46. The molecule has 8 heteroatoms. The molecule has 0 radical (unpaired) electrons. The Bertz CT molecular complexity index is 882. The standard InChI is InChI=1S/C18H19F3N4O/c1-24(11-17-22-13-4-2-3-5-14(13)26-17)8-12-6-7-16-23-15(18(19,20)21)10-25(16)9-12/h2-5,10,12H,6-9,11H2,1H3. The fourth-order valence-corrected chi connectivity index (χ4v) is 3.52. The fourth-order valence-electron chi connectivity index (χ4n) is 3.52. The van der Waals surface area contributed by atoms with E-state index in [4.69, 9.17) is 4.42 Å². The van der Waals surface area contributed by atoms with Crippen LogP contribution in [-0.2, 0) is 25.7 Å². The molecule has 2 aromatic heterocycles. The van der Waals surface area contributed by atoms with Crippen LogP contribution in [-0.4, -0.2) is 33.0 Å². The summed E-state index contributed by atoms with van der Waals surface area (Å²) in [7, 11) is 1.97. The molecule has 26 heavy (non-hydrogen) atoms. The van der Waals surface area contributed by atoms with Crippen LogP contribution in [0.25, 0.3) is 11.1 Å². The van der Waals surface area contributed by atoms with Crippen molar-refractivity contribution in [2.75, 3.05) is 13.6 Å². The number of oxazole rings is 1. The largest absolute Gasteiger partial charge is 0.439 e. The lowest BCUT2D eigenvalue weighted by Crippen LogP contribution is -2.31. The number of nitrogens with zero attached hydrogens (tertiary/aromatic N) is 4. The average Bonchev–Trinajstić information content (AvgIpc) is 3.16. The van der Waals surface area contributed by atoms with Crippen LogP contribution in [0.15, 0.2) is 34.9 Å². The molecule has 0 N–H and O–H groups in total. The number of hydrogen-bond donors (Lipinski definition) is 0. The first kappa shape index (κ1) is 17.1. The molecule has 0 saturated carbocycles. The molecule has 5 nitrogen and oxygen atoms in total. The van der Waals surface area contributed by atoms with Gasteiger partial charge in [-0.15, -0.1) is 0 Å². The van der Waals surface area contributed by atoms with E-state index in [2.05, 4.69) is 14.9 Å². The van der Waals surface area contributed by atoms with Crippen LogP contribution in [0.1, 0.15) is 23.8 Å². The van der Waals surface area contributed by atoms with Crippen molar-refractivity contribution in [2.24, 2.45) is 5.92 Å². The van der Waals surface area contributed by atoms with Gasteiger partial charge in [0.1, 0.15) is 11.3 Å². The van der Waals surface area contributed by atoms with Gasteiger partial charge in [0.05, 0.1) is 6.54 Å². The van der Waals surface area contributed by atoms with Crippen molar-refractivity contribution in [1.82, 2.24) is 19.4 Å². The fraction of sp³-hybridized carbons (Fsp3) is 0.444. The van der Waals surface area contributed by atoms with Crippen LogP contribution in [0.4, 0.5) is 13.2 Å². The predicted octanol–water partition coefficient (Wildman–Crippen LogP) is 3.74. The van der Waals surface area contributed by atoms with E-state index in [1.165, 1.54) is 0 Å². The van der Waals surface area contributed by atoms with Crippen LogP contribution < -0.4 is 0 Å². The van der Waals surface area contributed by atoms with E-state index in [0.717, 1.165) is 30.3 Å². The first-order valence-corrected chi connectivity index (χ1v) is 8.55. The second-order valence-corrected chi connectivity index (χ2v) is 6.87. The van der Waals surface area contributed by atoms with Crippen LogP contribution in [0.5, 0.6) is 0 Å². The van der Waals surface area contributed by atoms with Gasteiger partial charge in [-0.1, -0.05) is 12.1 Å². The Labute approximate surface area is 148 Å². The van der Waals surface area contributed by atoms with E-state index in [-0.39, 0.29) is 5.92 Å². The maximum Gasteiger partial charge on any atom is 0.434 e. The lowest BCUT2D eigenvalue weighted by atomic mass is 9.99. The number of para-hydroxylation sites is 2. The number of aromatic nitrogens is 3. The van der Waals surface area contributed by atoms with E-state index >= 15 is 0 Å². The van der Waals surface area contributed by atoms with E-state index in [9.17, 15) is 13.2 Å². The maximum atomic E-state index is 12.8. The van der Waals surface area contributed by atoms with Crippen LogP contribution in [0.3, 0.4) is 0 Å². The van der Waals surface area contributed by atoms with Crippen molar-refractivity contribution in [3.05, 3.63) is 47.9 Å². The SMILES string of the molecule is CN(Cc1nc2ccccc2o1)CC1CCc2nc(C(F)(F)F)cn2C1. The van der Waals surface area contributed by atoms with Crippen molar-refractivity contribution >= 4 is 11.1 Å². The quantitative estimate of drug-likeness (QED) is 0.708. The smallest absolute Gasteiger partial charge is 0.434 e. The number of hydrogen-bond acceptors (Lipinski definition) is 4. The van der Waals surface area contributed by atoms with Gasteiger partial charge in [0.15, 0.2) is 11.3 Å². The van der Waals surface area contributed by atoms with Crippen molar-refractivity contribution in [3.8, 4) is 0 Å². The highest BCUT2D eigenvalue weighted by molar-refractivity contribution is 5.72. The molecule has 0 spiro atoms. The molecular formula is C18H19F3N4O. The van der Waals surface area contributed by atoms with Crippen LogP contribution in [0.2, 0.25) is 0 Å². The maximum absolute atomic E-state index is 12.8. The van der Waals surface area contributed by atoms with E-state index in [1.807, 2.05) is 31.3 Å². The number of fused-ring (bicyclic) bond motifs is 2. The molecular weight excluding hydrogens is 345 g/mol. The van der Waals surface area contributed by atoms with Gasteiger partial charge in [0.2, 0.25) is 5.89 Å². The molecule has 138 valence electrons. The Hall–Kier alpha value is -2.35. The Kier molecular flexibility index (Phi) is 4.22. The molecule has 0 aliphatic carbocycles. The number of halogens is 3. The zero-order valence-corrected chi connectivity index (χ0v) is 14.3. The summed E-state index contributed by atoms with van der Waals surface area (Å²) in [6.07, 6.45) is -1.87. The number of imidazole rings is 1. The Morgan fingerprint density at radius 3 is 2.85 bits per heavy atom. The summed E-state index contributed by atoms with van der Waals surface area (Å²) in [6, 6.07) is 7.60. The Morgan fingerprint density at radius 1 is 1.27 bits per heavy atom. The molecule has 0 bridgehead atoms. The number of rotatable bonds is 4. The number of alkyl halides is 3. The zero-order valence-electron chi connectivity index (χ0n) is 14.3. The highest BCUT2D eigenvalue weighted by atomic mass is 19.4. The van der Waals surface area contributed by atoms with Crippen LogP contribution in [0, 0.1) is 5.92 Å². The third-order valence-corrected chi connectivity index (χ3v) is 4.69. The first-order valence-electron chi connectivity index (χ1n) is 8.55. The lowest BCUT2D eigenvalue weighted by Gasteiger charge is -2.27. The zero-order chi connectivity index (χ0) is 18.3. The molecule has 3 aromatic rings. The normalized spacial score (nSPS) is 17.8. The summed E-state index contributed by atoms with van der Waals surface area (Å²) in [6.45, 7) is 1.88. The summed E-state index contributed by atoms with van der Waals surface area (Å²) in [4.78, 5) is 10.3. The monoisotopic (exact) mass is 364 g/mol. The summed E-state index contributed by atoms with van der Waals surface area (Å²) >= 11 is 0. The van der Waals surface area contributed by atoms with Gasteiger partial charge in [0, 0.05) is 25.7 Å². The van der Waals surface area contributed by atoms with Crippen molar-refractivity contribution in [2.45, 2.75) is 32.1 Å². The molecule has 0 amide bonds. The minimum absolute atomic E-state index is 0.271. The van der Waals surface area contributed by atoms with Crippen molar-refractivity contribution in [1.29, 1.82) is 0 Å². The summed E-state index contributed by atoms with van der Waals surface area (Å²) < 4.78 is 45.8. The highest BCUT2D eigenvalue weighted by Gasteiger charge is 2.35. The molecule has 3 heterocycles.